The van der Waals surface area contributed by atoms with Gasteiger partial charge in [-0.05, 0) is 47.8 Å². The summed E-state index contributed by atoms with van der Waals surface area (Å²) < 4.78 is 0. The van der Waals surface area contributed by atoms with Crippen LogP contribution in [-0.2, 0) is 0 Å². The first-order valence-corrected chi connectivity index (χ1v) is 11.0. The third-order valence-corrected chi connectivity index (χ3v) is 7.10. The molecule has 0 heteroatoms. The molecule has 3 aliphatic carbocycles. The highest BCUT2D eigenvalue weighted by Gasteiger charge is 2.59. The normalized spacial score (nSPS) is 37.7. The van der Waals surface area contributed by atoms with Gasteiger partial charge in [0.1, 0.15) is 0 Å². The average molecular weight is 349 g/mol. The minimum atomic E-state index is 0.449. The molecule has 3 saturated carbocycles. The van der Waals surface area contributed by atoms with Gasteiger partial charge in [-0.25, -0.2) is 0 Å². The lowest BCUT2D eigenvalue weighted by molar-refractivity contribution is -0.0382. The van der Waals surface area contributed by atoms with E-state index in [0.29, 0.717) is 10.8 Å². The van der Waals surface area contributed by atoms with Crippen LogP contribution in [0.4, 0.5) is 0 Å². The van der Waals surface area contributed by atoms with E-state index in [9.17, 15) is 0 Å². The van der Waals surface area contributed by atoms with Gasteiger partial charge >= 0.3 is 0 Å². The molecule has 0 saturated heterocycles. The van der Waals surface area contributed by atoms with Crippen LogP contribution >= 0.6 is 0 Å². The number of fused-ring (bicyclic) bond motifs is 2. The maximum atomic E-state index is 4.44. The Labute approximate surface area is 161 Å². The third kappa shape index (κ3) is 5.15. The van der Waals surface area contributed by atoms with Crippen molar-refractivity contribution in [2.75, 3.05) is 0 Å². The van der Waals surface area contributed by atoms with Gasteiger partial charge in [0.05, 0.1) is 0 Å². The van der Waals surface area contributed by atoms with Gasteiger partial charge in [0.2, 0.25) is 0 Å². The van der Waals surface area contributed by atoms with Gasteiger partial charge in [0.15, 0.2) is 0 Å². The van der Waals surface area contributed by atoms with Crippen LogP contribution in [0.1, 0.15) is 107 Å². The van der Waals surface area contributed by atoms with Crippen molar-refractivity contribution in [2.24, 2.45) is 28.6 Å². The molecule has 148 valence electrons. The second kappa shape index (κ2) is 12.6. The first-order chi connectivity index (χ1) is 12.0. The molecular weight excluding hydrogens is 300 g/mol. The van der Waals surface area contributed by atoms with E-state index in [1.807, 2.05) is 41.5 Å². The summed E-state index contributed by atoms with van der Waals surface area (Å²) in [7, 11) is 0. The standard InChI is InChI=1S/C17H28.3C2H6.C2H2/c1-12-9-13(2)17(4)11-15-8-6-5-7-14(15)10-16(12,17)3;4*1-2/h13-15H,1,5-11H2,2-4H3;3*1-2H3;1-2H. The molecule has 0 N–H and O–H groups in total. The molecule has 5 atom stereocenters. The van der Waals surface area contributed by atoms with Crippen LogP contribution in [0.25, 0.3) is 0 Å². The Hall–Kier alpha value is -0.700. The van der Waals surface area contributed by atoms with E-state index in [1.54, 1.807) is 5.57 Å². The summed E-state index contributed by atoms with van der Waals surface area (Å²) in [4.78, 5) is 0. The van der Waals surface area contributed by atoms with Crippen molar-refractivity contribution in [3.05, 3.63) is 12.2 Å². The van der Waals surface area contributed by atoms with Gasteiger partial charge in [-0.1, -0.05) is 100 Å². The fourth-order valence-corrected chi connectivity index (χ4v) is 5.46. The maximum absolute atomic E-state index is 4.44. The van der Waals surface area contributed by atoms with E-state index >= 15 is 0 Å². The Morgan fingerprint density at radius 2 is 1.24 bits per heavy atom. The molecule has 0 heterocycles. The molecule has 0 radical (unpaired) electrons. The number of hydrogen-bond acceptors (Lipinski definition) is 0. The number of terminal acetylenes is 1. The van der Waals surface area contributed by atoms with Crippen LogP contribution in [0.5, 0.6) is 0 Å². The molecule has 0 bridgehead atoms. The van der Waals surface area contributed by atoms with Crippen molar-refractivity contribution < 1.29 is 0 Å². The zero-order valence-corrected chi connectivity index (χ0v) is 19.0. The predicted molar refractivity (Wildman–Crippen MR) is 118 cm³/mol. The Bertz CT molecular complexity index is 377. The average Bonchev–Trinajstić information content (AvgIpc) is 2.85. The molecule has 0 aromatic heterocycles. The number of hydrogen-bond donors (Lipinski definition) is 0. The number of allylic oxidation sites excluding steroid dienone is 1. The fraction of sp³-hybridized carbons (Fsp3) is 0.840. The van der Waals surface area contributed by atoms with Crippen molar-refractivity contribution in [1.29, 1.82) is 0 Å². The quantitative estimate of drug-likeness (QED) is 0.304. The van der Waals surface area contributed by atoms with E-state index in [1.165, 1.54) is 44.9 Å². The molecule has 0 spiro atoms. The molecule has 3 rings (SSSR count). The molecule has 3 aliphatic rings. The molecule has 5 unspecified atom stereocenters. The lowest BCUT2D eigenvalue weighted by atomic mass is 9.49. The van der Waals surface area contributed by atoms with E-state index < -0.39 is 0 Å². The van der Waals surface area contributed by atoms with Crippen molar-refractivity contribution in [3.8, 4) is 12.8 Å². The van der Waals surface area contributed by atoms with Crippen molar-refractivity contribution in [1.82, 2.24) is 0 Å². The molecule has 0 nitrogen and oxygen atoms in total. The lowest BCUT2D eigenvalue weighted by Crippen LogP contribution is -2.47. The highest BCUT2D eigenvalue weighted by molar-refractivity contribution is 5.25. The van der Waals surface area contributed by atoms with Gasteiger partial charge in [0, 0.05) is 0 Å². The topological polar surface area (TPSA) is 0 Å². The molecule has 0 amide bonds. The first kappa shape index (κ1) is 26.5. The van der Waals surface area contributed by atoms with Gasteiger partial charge < -0.3 is 0 Å². The molecular formula is C25H48. The van der Waals surface area contributed by atoms with Crippen molar-refractivity contribution in [2.45, 2.75) is 107 Å². The molecule has 0 aromatic rings. The van der Waals surface area contributed by atoms with Gasteiger partial charge in [-0.3, -0.25) is 0 Å². The fourth-order valence-electron chi connectivity index (χ4n) is 5.46. The minimum absolute atomic E-state index is 0.449. The smallest absolute Gasteiger partial charge is 0.00597 e. The van der Waals surface area contributed by atoms with Crippen molar-refractivity contribution in [3.63, 3.8) is 0 Å². The largest absolute Gasteiger partial charge is 0.124 e. The molecule has 0 aromatic carbocycles. The summed E-state index contributed by atoms with van der Waals surface area (Å²) >= 11 is 0. The van der Waals surface area contributed by atoms with Crippen molar-refractivity contribution >= 4 is 0 Å². The SMILES string of the molecule is C#C.C=C1CC(C)C2(C)CC3CCCCC3CC12C.CC.CC.CC. The summed E-state index contributed by atoms with van der Waals surface area (Å²) in [5, 5.41) is 0. The zero-order valence-electron chi connectivity index (χ0n) is 19.0. The van der Waals surface area contributed by atoms with Crippen LogP contribution in [0.3, 0.4) is 0 Å². The monoisotopic (exact) mass is 348 g/mol. The predicted octanol–water partition coefficient (Wildman–Crippen LogP) is 8.52. The van der Waals surface area contributed by atoms with E-state index in [-0.39, 0.29) is 0 Å². The molecule has 0 aliphatic heterocycles. The van der Waals surface area contributed by atoms with Gasteiger partial charge in [0.25, 0.3) is 0 Å². The van der Waals surface area contributed by atoms with Gasteiger partial charge in [-0.2, -0.15) is 0 Å². The van der Waals surface area contributed by atoms with E-state index in [4.69, 9.17) is 0 Å². The molecule has 25 heavy (non-hydrogen) atoms. The van der Waals surface area contributed by atoms with E-state index in [2.05, 4.69) is 40.2 Å². The highest BCUT2D eigenvalue weighted by Crippen LogP contribution is 2.68. The Kier molecular flexibility index (Phi) is 13.4. The summed E-state index contributed by atoms with van der Waals surface area (Å²) in [5.41, 5.74) is 2.56. The Balaban J connectivity index is 0. The highest BCUT2D eigenvalue weighted by atomic mass is 14.6. The summed E-state index contributed by atoms with van der Waals surface area (Å²) in [6, 6.07) is 0. The zero-order chi connectivity index (χ0) is 20.3. The second-order valence-corrected chi connectivity index (χ2v) is 7.67. The van der Waals surface area contributed by atoms with Gasteiger partial charge in [-0.15, -0.1) is 12.8 Å². The lowest BCUT2D eigenvalue weighted by Gasteiger charge is -2.55. The second-order valence-electron chi connectivity index (χ2n) is 7.67. The summed E-state index contributed by atoms with van der Waals surface area (Å²) in [5.74, 6) is 2.90. The minimum Gasteiger partial charge on any atom is -0.124 e. The Morgan fingerprint density at radius 1 is 0.840 bits per heavy atom. The summed E-state index contributed by atoms with van der Waals surface area (Å²) in [6.07, 6.45) is 18.2. The maximum Gasteiger partial charge on any atom is -0.00597 e. The molecule has 3 fully saturated rings. The van der Waals surface area contributed by atoms with Crippen LogP contribution in [0.15, 0.2) is 12.2 Å². The summed E-state index contributed by atoms with van der Waals surface area (Å²) in [6.45, 7) is 24.0. The first-order valence-electron chi connectivity index (χ1n) is 11.0. The third-order valence-electron chi connectivity index (χ3n) is 7.10. The van der Waals surface area contributed by atoms with Crippen LogP contribution in [0.2, 0.25) is 0 Å². The van der Waals surface area contributed by atoms with E-state index in [0.717, 1.165) is 17.8 Å². The Morgan fingerprint density at radius 3 is 1.68 bits per heavy atom. The van der Waals surface area contributed by atoms with Crippen LogP contribution < -0.4 is 0 Å². The number of rotatable bonds is 0. The van der Waals surface area contributed by atoms with Crippen LogP contribution in [0, 0.1) is 41.4 Å². The van der Waals surface area contributed by atoms with Crippen LogP contribution in [-0.4, -0.2) is 0 Å².